The first-order valence-electron chi connectivity index (χ1n) is 6.64. The number of pyridine rings is 1. The van der Waals surface area contributed by atoms with Crippen molar-refractivity contribution in [3.63, 3.8) is 0 Å². The topological polar surface area (TPSA) is 73.3 Å². The van der Waals surface area contributed by atoms with Crippen LogP contribution in [0.3, 0.4) is 0 Å². The monoisotopic (exact) mass is 307 g/mol. The second-order valence-corrected chi connectivity index (χ2v) is 5.29. The lowest BCUT2D eigenvalue weighted by Crippen LogP contribution is -2.06. The average Bonchev–Trinajstić information content (AvgIpc) is 2.82. The number of thiazole rings is 1. The van der Waals surface area contributed by atoms with Gasteiger partial charge in [0.1, 0.15) is 0 Å². The number of aromatic nitrogens is 2. The quantitative estimate of drug-likeness (QED) is 0.826. The number of nitrogens with one attached hydrogen (secondary N) is 1. The predicted octanol–water partition coefficient (Wildman–Crippen LogP) is 3.17. The van der Waals surface area contributed by atoms with Crippen LogP contribution in [0.5, 0.6) is 5.88 Å². The summed E-state index contributed by atoms with van der Waals surface area (Å²) in [5.74, 6) is 0.176. The molecule has 1 N–H and O–H groups in total. The standard InChI is InChI=1S/C14H17N3O3S/c1-4-19-11-7-6-10(8-15-11)16-14-17-12(9(3)21-14)13(18)20-5-2/h6-8H,4-5H2,1-3H3,(H,16,17). The van der Waals surface area contributed by atoms with Crippen molar-refractivity contribution in [1.82, 2.24) is 9.97 Å². The molecule has 0 saturated carbocycles. The molecule has 2 rings (SSSR count). The number of hydrogen-bond acceptors (Lipinski definition) is 7. The SMILES string of the molecule is CCOC(=O)c1nc(Nc2ccc(OCC)nc2)sc1C. The fourth-order valence-corrected chi connectivity index (χ4v) is 2.47. The molecule has 0 bridgehead atoms. The molecule has 0 unspecified atom stereocenters. The normalized spacial score (nSPS) is 10.2. The highest BCUT2D eigenvalue weighted by molar-refractivity contribution is 7.15. The van der Waals surface area contributed by atoms with Gasteiger partial charge in [0.25, 0.3) is 0 Å². The Bertz CT molecular complexity index is 610. The van der Waals surface area contributed by atoms with Crippen molar-refractivity contribution in [2.24, 2.45) is 0 Å². The highest BCUT2D eigenvalue weighted by atomic mass is 32.1. The van der Waals surface area contributed by atoms with Crippen LogP contribution in [0.25, 0.3) is 0 Å². The number of aryl methyl sites for hydroxylation is 1. The van der Waals surface area contributed by atoms with Crippen LogP contribution in [0.15, 0.2) is 18.3 Å². The number of nitrogens with zero attached hydrogens (tertiary/aromatic N) is 2. The van der Waals surface area contributed by atoms with E-state index >= 15 is 0 Å². The number of carbonyl (C=O) groups excluding carboxylic acids is 1. The summed E-state index contributed by atoms with van der Waals surface area (Å²) in [4.78, 5) is 20.9. The van der Waals surface area contributed by atoms with Gasteiger partial charge < -0.3 is 14.8 Å². The van der Waals surface area contributed by atoms with Gasteiger partial charge in [-0.1, -0.05) is 0 Å². The van der Waals surface area contributed by atoms with E-state index in [-0.39, 0.29) is 0 Å². The summed E-state index contributed by atoms with van der Waals surface area (Å²) < 4.78 is 10.2. The Morgan fingerprint density at radius 2 is 2.14 bits per heavy atom. The van der Waals surface area contributed by atoms with E-state index in [4.69, 9.17) is 9.47 Å². The third-order valence-electron chi connectivity index (χ3n) is 2.55. The first kappa shape index (κ1) is 15.2. The van der Waals surface area contributed by atoms with Gasteiger partial charge in [-0.25, -0.2) is 14.8 Å². The maximum Gasteiger partial charge on any atom is 0.358 e. The molecule has 2 aromatic heterocycles. The van der Waals surface area contributed by atoms with E-state index in [2.05, 4.69) is 15.3 Å². The Balaban J connectivity index is 2.09. The second-order valence-electron chi connectivity index (χ2n) is 4.09. The van der Waals surface area contributed by atoms with Gasteiger partial charge >= 0.3 is 5.97 Å². The summed E-state index contributed by atoms with van der Waals surface area (Å²) in [5.41, 5.74) is 1.13. The van der Waals surface area contributed by atoms with Crippen molar-refractivity contribution in [2.45, 2.75) is 20.8 Å². The van der Waals surface area contributed by atoms with Gasteiger partial charge in [0.15, 0.2) is 10.8 Å². The predicted molar refractivity (Wildman–Crippen MR) is 81.5 cm³/mol. The number of esters is 1. The van der Waals surface area contributed by atoms with Gasteiger partial charge in [-0.05, 0) is 26.8 Å². The van der Waals surface area contributed by atoms with Crippen molar-refractivity contribution in [3.8, 4) is 5.88 Å². The number of ether oxygens (including phenoxy) is 2. The van der Waals surface area contributed by atoms with Gasteiger partial charge in [0, 0.05) is 10.9 Å². The van der Waals surface area contributed by atoms with E-state index < -0.39 is 5.97 Å². The summed E-state index contributed by atoms with van der Waals surface area (Å²) in [6, 6.07) is 3.62. The van der Waals surface area contributed by atoms with Crippen LogP contribution in [0.4, 0.5) is 10.8 Å². The minimum Gasteiger partial charge on any atom is -0.478 e. The van der Waals surface area contributed by atoms with Crippen LogP contribution in [-0.4, -0.2) is 29.2 Å². The van der Waals surface area contributed by atoms with Crippen molar-refractivity contribution in [1.29, 1.82) is 0 Å². The van der Waals surface area contributed by atoms with Gasteiger partial charge in [-0.2, -0.15) is 0 Å². The number of rotatable bonds is 6. The number of hydrogen-bond donors (Lipinski definition) is 1. The molecule has 0 aromatic carbocycles. The zero-order chi connectivity index (χ0) is 15.2. The second kappa shape index (κ2) is 7.03. The molecule has 0 saturated heterocycles. The molecule has 2 aromatic rings. The molecule has 0 spiro atoms. The molecule has 0 fully saturated rings. The zero-order valence-electron chi connectivity index (χ0n) is 12.2. The van der Waals surface area contributed by atoms with Crippen LogP contribution in [0, 0.1) is 6.92 Å². The van der Waals surface area contributed by atoms with Crippen LogP contribution in [-0.2, 0) is 4.74 Å². The van der Waals surface area contributed by atoms with E-state index in [0.717, 1.165) is 10.6 Å². The highest BCUT2D eigenvalue weighted by Crippen LogP contribution is 2.26. The van der Waals surface area contributed by atoms with Crippen molar-refractivity contribution in [2.75, 3.05) is 18.5 Å². The summed E-state index contributed by atoms with van der Waals surface area (Å²) in [6.07, 6.45) is 1.66. The third-order valence-corrected chi connectivity index (χ3v) is 3.43. The lowest BCUT2D eigenvalue weighted by Gasteiger charge is -2.04. The minimum atomic E-state index is -0.399. The maximum atomic E-state index is 11.7. The zero-order valence-corrected chi connectivity index (χ0v) is 13.0. The highest BCUT2D eigenvalue weighted by Gasteiger charge is 2.16. The maximum absolute atomic E-state index is 11.7. The van der Waals surface area contributed by atoms with Gasteiger partial charge in [0.2, 0.25) is 5.88 Å². The molecule has 7 heteroatoms. The van der Waals surface area contributed by atoms with Crippen LogP contribution in [0.2, 0.25) is 0 Å². The first-order valence-corrected chi connectivity index (χ1v) is 7.46. The van der Waals surface area contributed by atoms with Gasteiger partial charge in [0.05, 0.1) is 25.1 Å². The number of anilines is 2. The first-order chi connectivity index (χ1) is 10.1. The molecule has 0 aliphatic carbocycles. The number of carbonyl (C=O) groups is 1. The molecule has 0 aliphatic heterocycles. The molecule has 112 valence electrons. The molecular formula is C14H17N3O3S. The molecule has 0 aliphatic rings. The Hall–Kier alpha value is -2.15. The Labute approximate surface area is 127 Å². The van der Waals surface area contributed by atoms with Crippen molar-refractivity contribution < 1.29 is 14.3 Å². The van der Waals surface area contributed by atoms with E-state index in [1.807, 2.05) is 19.9 Å². The van der Waals surface area contributed by atoms with E-state index in [9.17, 15) is 4.79 Å². The van der Waals surface area contributed by atoms with E-state index in [1.54, 1.807) is 19.2 Å². The Kier molecular flexibility index (Phi) is 5.10. The smallest absolute Gasteiger partial charge is 0.358 e. The Morgan fingerprint density at radius 3 is 2.76 bits per heavy atom. The fraction of sp³-hybridized carbons (Fsp3) is 0.357. The van der Waals surface area contributed by atoms with E-state index in [1.165, 1.54) is 11.3 Å². The van der Waals surface area contributed by atoms with Crippen molar-refractivity contribution >= 4 is 28.1 Å². The summed E-state index contributed by atoms with van der Waals surface area (Å²) in [7, 11) is 0. The third kappa shape index (κ3) is 3.91. The van der Waals surface area contributed by atoms with Gasteiger partial charge in [-0.15, -0.1) is 11.3 Å². The molecule has 21 heavy (non-hydrogen) atoms. The summed E-state index contributed by atoms with van der Waals surface area (Å²) in [6.45, 7) is 6.43. The minimum absolute atomic E-state index is 0.335. The molecule has 0 amide bonds. The van der Waals surface area contributed by atoms with Crippen molar-refractivity contribution in [3.05, 3.63) is 28.9 Å². The van der Waals surface area contributed by atoms with E-state index in [0.29, 0.717) is 29.9 Å². The molecule has 0 atom stereocenters. The molecular weight excluding hydrogens is 290 g/mol. The molecule has 0 radical (unpaired) electrons. The summed E-state index contributed by atoms with van der Waals surface area (Å²) >= 11 is 1.40. The lowest BCUT2D eigenvalue weighted by molar-refractivity contribution is 0.0519. The van der Waals surface area contributed by atoms with Crippen LogP contribution >= 0.6 is 11.3 Å². The molecule has 6 nitrogen and oxygen atoms in total. The largest absolute Gasteiger partial charge is 0.478 e. The van der Waals surface area contributed by atoms with Crippen LogP contribution < -0.4 is 10.1 Å². The fourth-order valence-electron chi connectivity index (χ4n) is 1.65. The van der Waals surface area contributed by atoms with Crippen LogP contribution in [0.1, 0.15) is 29.2 Å². The lowest BCUT2D eigenvalue weighted by atomic mass is 10.4. The van der Waals surface area contributed by atoms with Gasteiger partial charge in [-0.3, -0.25) is 0 Å². The molecule has 2 heterocycles. The Morgan fingerprint density at radius 1 is 1.33 bits per heavy atom. The average molecular weight is 307 g/mol. The summed E-state index contributed by atoms with van der Waals surface area (Å²) in [5, 5.41) is 3.74.